The van der Waals surface area contributed by atoms with Crippen LogP contribution in [0.2, 0.25) is 0 Å². The molecule has 9 unspecified atom stereocenters. The molecule has 29 heavy (non-hydrogen) atoms. The lowest BCUT2D eigenvalue weighted by Gasteiger charge is -2.54. The summed E-state index contributed by atoms with van der Waals surface area (Å²) in [5.74, 6) is 0.945. The zero-order valence-electron chi connectivity index (χ0n) is 16.8. The van der Waals surface area contributed by atoms with Crippen LogP contribution in [0.5, 0.6) is 0 Å². The number of fused-ring (bicyclic) bond motifs is 4. The Balaban J connectivity index is 1.36. The van der Waals surface area contributed by atoms with E-state index in [0.717, 1.165) is 24.8 Å². The van der Waals surface area contributed by atoms with E-state index in [-0.39, 0.29) is 47.3 Å². The second-order valence-corrected chi connectivity index (χ2v) is 11.6. The minimum absolute atomic E-state index is 0.0476. The van der Waals surface area contributed by atoms with Crippen molar-refractivity contribution in [1.82, 2.24) is 0 Å². The molecule has 0 amide bonds. The highest BCUT2D eigenvalue weighted by Crippen LogP contribution is 2.83. The zero-order valence-corrected chi connectivity index (χ0v) is 18.5. The van der Waals surface area contributed by atoms with Crippen LogP contribution in [0.4, 0.5) is 0 Å². The lowest BCUT2D eigenvalue weighted by atomic mass is 9.46. The molecule has 0 aromatic heterocycles. The standard InChI is InChI=1S/C21H26O6S2/c1-9(2)19-14(26-19)15-21(27-15)18(3)5-4-10-11(7-23-16(10)22)12(18)6-13-20(21,25-13)17(19)24-8-29-28/h9,12-15,17,28H,4-8H2,1-3H3. The second kappa shape index (κ2) is 5.21. The number of ether oxygens (including phenoxy) is 5. The summed E-state index contributed by atoms with van der Waals surface area (Å²) in [6.07, 6.45) is 2.60. The van der Waals surface area contributed by atoms with Crippen molar-refractivity contribution < 1.29 is 28.5 Å². The predicted molar refractivity (Wildman–Crippen MR) is 107 cm³/mol. The molecule has 8 heteroatoms. The van der Waals surface area contributed by atoms with E-state index in [0.29, 0.717) is 18.5 Å². The summed E-state index contributed by atoms with van der Waals surface area (Å²) >= 11 is 4.30. The molecular weight excluding hydrogens is 412 g/mol. The summed E-state index contributed by atoms with van der Waals surface area (Å²) in [6.45, 7) is 7.19. The Kier molecular flexibility index (Phi) is 3.29. The van der Waals surface area contributed by atoms with E-state index in [9.17, 15) is 4.79 Å². The van der Waals surface area contributed by atoms with Crippen LogP contribution in [0, 0.1) is 17.3 Å². The van der Waals surface area contributed by atoms with Gasteiger partial charge >= 0.3 is 5.97 Å². The van der Waals surface area contributed by atoms with Crippen LogP contribution in [0.1, 0.15) is 40.0 Å². The van der Waals surface area contributed by atoms with E-state index in [1.807, 2.05) is 0 Å². The molecule has 4 aliphatic heterocycles. The molecule has 0 radical (unpaired) electrons. The van der Waals surface area contributed by atoms with Crippen molar-refractivity contribution in [2.75, 3.05) is 12.5 Å². The van der Waals surface area contributed by atoms with Gasteiger partial charge in [-0.05, 0) is 36.7 Å². The molecule has 7 rings (SSSR count). The highest BCUT2D eigenvalue weighted by atomic mass is 33.1. The average molecular weight is 439 g/mol. The monoisotopic (exact) mass is 438 g/mol. The molecule has 2 saturated carbocycles. The maximum atomic E-state index is 12.2. The van der Waals surface area contributed by atoms with Gasteiger partial charge in [0.05, 0.1) is 6.10 Å². The maximum absolute atomic E-state index is 12.2. The third-order valence-electron chi connectivity index (χ3n) is 9.35. The minimum Gasteiger partial charge on any atom is -0.458 e. The van der Waals surface area contributed by atoms with Crippen molar-refractivity contribution in [2.45, 2.75) is 81.3 Å². The normalized spacial score (nSPS) is 57.8. The summed E-state index contributed by atoms with van der Waals surface area (Å²) in [6, 6.07) is 0. The summed E-state index contributed by atoms with van der Waals surface area (Å²) < 4.78 is 31.6. The molecule has 3 saturated heterocycles. The molecule has 0 N–H and O–H groups in total. The maximum Gasteiger partial charge on any atom is 0.334 e. The van der Waals surface area contributed by atoms with Gasteiger partial charge in [-0.2, -0.15) is 0 Å². The fourth-order valence-corrected chi connectivity index (χ4v) is 8.39. The van der Waals surface area contributed by atoms with Crippen LogP contribution < -0.4 is 0 Å². The van der Waals surface area contributed by atoms with Gasteiger partial charge in [-0.3, -0.25) is 0 Å². The summed E-state index contributed by atoms with van der Waals surface area (Å²) in [4.78, 5) is 12.2. The van der Waals surface area contributed by atoms with E-state index in [1.165, 1.54) is 16.4 Å². The highest BCUT2D eigenvalue weighted by molar-refractivity contribution is 8.68. The van der Waals surface area contributed by atoms with Crippen LogP contribution in [-0.4, -0.2) is 59.7 Å². The van der Waals surface area contributed by atoms with Crippen LogP contribution in [-0.2, 0) is 28.5 Å². The predicted octanol–water partition coefficient (Wildman–Crippen LogP) is 2.66. The summed E-state index contributed by atoms with van der Waals surface area (Å²) in [5.41, 5.74) is 0.801. The van der Waals surface area contributed by atoms with Crippen molar-refractivity contribution in [3.8, 4) is 0 Å². The van der Waals surface area contributed by atoms with Gasteiger partial charge in [-0.25, -0.2) is 4.79 Å². The first-order valence-electron chi connectivity index (χ1n) is 10.7. The first-order valence-corrected chi connectivity index (χ1v) is 12.7. The smallest absolute Gasteiger partial charge is 0.334 e. The Labute approximate surface area is 179 Å². The molecule has 5 fully saturated rings. The van der Waals surface area contributed by atoms with Crippen LogP contribution in [0.3, 0.4) is 0 Å². The molecular formula is C21H26O6S2. The Bertz CT molecular complexity index is 875. The van der Waals surface area contributed by atoms with Gasteiger partial charge in [0.2, 0.25) is 0 Å². The fourth-order valence-electron chi connectivity index (χ4n) is 8.02. The van der Waals surface area contributed by atoms with Crippen molar-refractivity contribution in [3.05, 3.63) is 11.1 Å². The topological polar surface area (TPSA) is 73.1 Å². The molecule has 9 atom stereocenters. The molecule has 6 nitrogen and oxygen atoms in total. The number of hydrogen-bond donors (Lipinski definition) is 1. The Morgan fingerprint density at radius 2 is 2.10 bits per heavy atom. The Morgan fingerprint density at radius 3 is 2.86 bits per heavy atom. The Morgan fingerprint density at radius 1 is 1.28 bits per heavy atom. The minimum atomic E-state index is -0.453. The van der Waals surface area contributed by atoms with Gasteiger partial charge in [-0.1, -0.05) is 31.6 Å². The molecule has 2 spiro atoms. The SMILES string of the molecule is CC(C)C12OC1C1OC13C1(C)CCC4=C(COC4=O)C1CC1OC13C2OCSS. The largest absolute Gasteiger partial charge is 0.458 e. The summed E-state index contributed by atoms with van der Waals surface area (Å²) in [5, 5.41) is 0. The fraction of sp³-hybridized carbons (Fsp3) is 0.857. The molecule has 0 aromatic rings. The molecule has 7 aliphatic rings. The zero-order chi connectivity index (χ0) is 20.0. The van der Waals surface area contributed by atoms with Crippen LogP contribution >= 0.6 is 22.5 Å². The number of carbonyl (C=O) groups excluding carboxylic acids is 1. The number of carbonyl (C=O) groups is 1. The molecule has 0 aromatic carbocycles. The van der Waals surface area contributed by atoms with E-state index < -0.39 is 11.2 Å². The van der Waals surface area contributed by atoms with Gasteiger partial charge in [0.1, 0.15) is 42.1 Å². The van der Waals surface area contributed by atoms with Crippen molar-refractivity contribution in [3.63, 3.8) is 0 Å². The van der Waals surface area contributed by atoms with Crippen molar-refractivity contribution >= 4 is 28.4 Å². The summed E-state index contributed by atoms with van der Waals surface area (Å²) in [7, 11) is 1.39. The van der Waals surface area contributed by atoms with Crippen LogP contribution in [0.15, 0.2) is 11.1 Å². The Hall–Kier alpha value is -0.250. The van der Waals surface area contributed by atoms with E-state index in [4.69, 9.17) is 23.7 Å². The molecule has 3 aliphatic carbocycles. The van der Waals surface area contributed by atoms with Gasteiger partial charge in [0.15, 0.2) is 5.60 Å². The first-order chi connectivity index (χ1) is 13.9. The third kappa shape index (κ3) is 1.71. The van der Waals surface area contributed by atoms with Gasteiger partial charge < -0.3 is 23.7 Å². The molecule has 0 bridgehead atoms. The van der Waals surface area contributed by atoms with Crippen molar-refractivity contribution in [1.29, 1.82) is 0 Å². The number of cyclic esters (lactones) is 1. The van der Waals surface area contributed by atoms with Crippen molar-refractivity contribution in [2.24, 2.45) is 17.3 Å². The second-order valence-electron chi connectivity index (χ2n) is 10.3. The molecule has 158 valence electrons. The van der Waals surface area contributed by atoms with Gasteiger partial charge in [0, 0.05) is 11.0 Å². The quantitative estimate of drug-likeness (QED) is 0.238. The first kappa shape index (κ1) is 18.3. The number of rotatable bonds is 4. The van der Waals surface area contributed by atoms with E-state index >= 15 is 0 Å². The lowest BCUT2D eigenvalue weighted by Crippen LogP contribution is -2.69. The number of hydrogen-bond acceptors (Lipinski definition) is 8. The van der Waals surface area contributed by atoms with E-state index in [1.54, 1.807) is 0 Å². The number of epoxide rings is 3. The lowest BCUT2D eigenvalue weighted by molar-refractivity contribution is -0.136. The highest BCUT2D eigenvalue weighted by Gasteiger charge is 3.00. The van der Waals surface area contributed by atoms with Crippen LogP contribution in [0.25, 0.3) is 0 Å². The molecule has 4 heterocycles. The third-order valence-corrected chi connectivity index (χ3v) is 9.91. The van der Waals surface area contributed by atoms with Gasteiger partial charge in [-0.15, -0.1) is 11.7 Å². The number of thiol groups is 1. The van der Waals surface area contributed by atoms with E-state index in [2.05, 4.69) is 32.4 Å². The average Bonchev–Trinajstić information content (AvgIpc) is 3.58. The van der Waals surface area contributed by atoms with Gasteiger partial charge in [0.25, 0.3) is 0 Å². The number of esters is 1.